The summed E-state index contributed by atoms with van der Waals surface area (Å²) in [5, 5.41) is 5.83. The predicted molar refractivity (Wildman–Crippen MR) is 78.6 cm³/mol. The van der Waals surface area contributed by atoms with Crippen LogP contribution in [0.15, 0.2) is 15.9 Å². The lowest BCUT2D eigenvalue weighted by atomic mass is 9.90. The zero-order valence-electron chi connectivity index (χ0n) is 10.6. The Bertz CT molecular complexity index is 358. The predicted octanol–water partition coefficient (Wildman–Crippen LogP) is 3.47. The fourth-order valence-electron chi connectivity index (χ4n) is 2.61. The first-order valence-electron chi connectivity index (χ1n) is 6.24. The third-order valence-corrected chi connectivity index (χ3v) is 5.06. The molecule has 4 heteroatoms. The largest absolute Gasteiger partial charge is 0.310 e. The highest BCUT2D eigenvalue weighted by molar-refractivity contribution is 9.10. The van der Waals surface area contributed by atoms with Crippen LogP contribution in [0.5, 0.6) is 0 Å². The Kier molecular flexibility index (Phi) is 4.64. The molecule has 2 heterocycles. The normalized spacial score (nSPS) is 25.4. The van der Waals surface area contributed by atoms with Crippen LogP contribution in [0.4, 0.5) is 0 Å². The van der Waals surface area contributed by atoms with E-state index in [2.05, 4.69) is 51.6 Å². The molecule has 0 bridgehead atoms. The van der Waals surface area contributed by atoms with Crippen molar-refractivity contribution in [1.29, 1.82) is 0 Å². The van der Waals surface area contributed by atoms with Gasteiger partial charge >= 0.3 is 0 Å². The highest BCUT2D eigenvalue weighted by Crippen LogP contribution is 2.23. The minimum Gasteiger partial charge on any atom is -0.310 e. The van der Waals surface area contributed by atoms with E-state index in [1.54, 1.807) is 0 Å². The Morgan fingerprint density at radius 3 is 2.94 bits per heavy atom. The van der Waals surface area contributed by atoms with Gasteiger partial charge in [0.05, 0.1) is 0 Å². The van der Waals surface area contributed by atoms with Gasteiger partial charge in [0.25, 0.3) is 0 Å². The van der Waals surface area contributed by atoms with Crippen molar-refractivity contribution in [2.75, 3.05) is 20.1 Å². The number of halogens is 1. The van der Waals surface area contributed by atoms with Gasteiger partial charge in [-0.2, -0.15) is 0 Å². The van der Waals surface area contributed by atoms with E-state index < -0.39 is 0 Å². The number of hydrogen-bond donors (Lipinski definition) is 1. The van der Waals surface area contributed by atoms with Crippen molar-refractivity contribution in [2.45, 2.75) is 38.3 Å². The van der Waals surface area contributed by atoms with Gasteiger partial charge in [-0.05, 0) is 55.4 Å². The Labute approximate surface area is 117 Å². The number of thiophene rings is 1. The number of nitrogens with one attached hydrogen (secondary N) is 1. The summed E-state index contributed by atoms with van der Waals surface area (Å²) in [6.07, 6.45) is 3.99. The summed E-state index contributed by atoms with van der Waals surface area (Å²) in [6.45, 7) is 5.71. The second-order valence-electron chi connectivity index (χ2n) is 5.35. The van der Waals surface area contributed by atoms with Gasteiger partial charge in [-0.15, -0.1) is 11.3 Å². The Balaban J connectivity index is 1.85. The molecular weight excluding hydrogens is 296 g/mol. The van der Waals surface area contributed by atoms with E-state index in [1.807, 2.05) is 11.3 Å². The van der Waals surface area contributed by atoms with Crippen LogP contribution in [0.3, 0.4) is 0 Å². The van der Waals surface area contributed by atoms with Gasteiger partial charge in [0.2, 0.25) is 0 Å². The Morgan fingerprint density at radius 2 is 2.35 bits per heavy atom. The van der Waals surface area contributed by atoms with E-state index in [0.29, 0.717) is 5.54 Å². The van der Waals surface area contributed by atoms with Crippen molar-refractivity contribution < 1.29 is 0 Å². The van der Waals surface area contributed by atoms with Gasteiger partial charge in [-0.1, -0.05) is 6.42 Å². The molecule has 1 aliphatic heterocycles. The monoisotopic (exact) mass is 316 g/mol. The van der Waals surface area contributed by atoms with Crippen molar-refractivity contribution in [1.82, 2.24) is 10.2 Å². The molecule has 1 unspecified atom stereocenters. The summed E-state index contributed by atoms with van der Waals surface area (Å²) >= 11 is 5.34. The summed E-state index contributed by atoms with van der Waals surface area (Å²) < 4.78 is 1.20. The molecule has 0 saturated carbocycles. The van der Waals surface area contributed by atoms with E-state index in [4.69, 9.17) is 0 Å². The Morgan fingerprint density at radius 1 is 1.53 bits per heavy atom. The third-order valence-electron chi connectivity index (χ3n) is 3.37. The number of likely N-dealkylation sites (N-methyl/N-ethyl adjacent to an activating group) is 1. The van der Waals surface area contributed by atoms with Gasteiger partial charge in [-0.3, -0.25) is 4.90 Å². The molecule has 17 heavy (non-hydrogen) atoms. The molecule has 0 radical (unpaired) electrons. The van der Waals surface area contributed by atoms with Gasteiger partial charge in [0, 0.05) is 33.4 Å². The van der Waals surface area contributed by atoms with Crippen molar-refractivity contribution in [3.8, 4) is 0 Å². The molecule has 1 aromatic rings. The Hall–Kier alpha value is 0.1000. The average Bonchev–Trinajstić information content (AvgIpc) is 2.63. The lowest BCUT2D eigenvalue weighted by Crippen LogP contribution is -2.52. The van der Waals surface area contributed by atoms with Crippen LogP contribution in [-0.2, 0) is 6.54 Å². The number of rotatable bonds is 4. The first-order chi connectivity index (χ1) is 8.07. The van der Waals surface area contributed by atoms with Crippen molar-refractivity contribution in [3.63, 3.8) is 0 Å². The molecular formula is C13H21BrN2S. The molecule has 96 valence electrons. The fourth-order valence-corrected chi connectivity index (χ4v) is 4.14. The lowest BCUT2D eigenvalue weighted by Gasteiger charge is -2.38. The molecule has 0 aromatic carbocycles. The first kappa shape index (κ1) is 13.5. The molecule has 0 aliphatic carbocycles. The quantitative estimate of drug-likeness (QED) is 0.915. The van der Waals surface area contributed by atoms with Crippen LogP contribution in [0.2, 0.25) is 0 Å². The molecule has 1 aromatic heterocycles. The first-order valence-corrected chi connectivity index (χ1v) is 7.91. The molecule has 1 fully saturated rings. The molecule has 0 spiro atoms. The second kappa shape index (κ2) is 5.83. The third kappa shape index (κ3) is 4.05. The molecule has 1 N–H and O–H groups in total. The minimum atomic E-state index is 0.307. The average molecular weight is 317 g/mol. The summed E-state index contributed by atoms with van der Waals surface area (Å²) in [6, 6.07) is 2.22. The standard InChI is InChI=1S/C13H21BrN2S/c1-13(5-3-4-6-15-13)10-16(2)8-12-7-11(14)9-17-12/h7,9,15H,3-6,8,10H2,1-2H3. The van der Waals surface area contributed by atoms with Crippen molar-refractivity contribution in [2.24, 2.45) is 0 Å². The zero-order valence-corrected chi connectivity index (χ0v) is 13.0. The van der Waals surface area contributed by atoms with E-state index in [0.717, 1.165) is 13.1 Å². The molecule has 1 aliphatic rings. The van der Waals surface area contributed by atoms with Gasteiger partial charge in [0.15, 0.2) is 0 Å². The molecule has 2 rings (SSSR count). The van der Waals surface area contributed by atoms with Crippen LogP contribution in [0.1, 0.15) is 31.1 Å². The van der Waals surface area contributed by atoms with Gasteiger partial charge in [-0.25, -0.2) is 0 Å². The number of hydrogen-bond acceptors (Lipinski definition) is 3. The van der Waals surface area contributed by atoms with Crippen molar-refractivity contribution in [3.05, 3.63) is 20.8 Å². The second-order valence-corrected chi connectivity index (χ2v) is 7.26. The summed E-state index contributed by atoms with van der Waals surface area (Å²) in [5.74, 6) is 0. The van der Waals surface area contributed by atoms with E-state index in [9.17, 15) is 0 Å². The van der Waals surface area contributed by atoms with Gasteiger partial charge in [0.1, 0.15) is 0 Å². The SMILES string of the molecule is CN(Cc1cc(Br)cs1)CC1(C)CCCCN1. The maximum atomic E-state index is 3.67. The van der Waals surface area contributed by atoms with Crippen LogP contribution < -0.4 is 5.32 Å². The van der Waals surface area contributed by atoms with Crippen LogP contribution in [0, 0.1) is 0 Å². The fraction of sp³-hybridized carbons (Fsp3) is 0.692. The van der Waals surface area contributed by atoms with E-state index in [1.165, 1.54) is 35.2 Å². The van der Waals surface area contributed by atoms with Crippen LogP contribution in [0.25, 0.3) is 0 Å². The number of piperidine rings is 1. The maximum absolute atomic E-state index is 3.67. The summed E-state index contributed by atoms with van der Waals surface area (Å²) in [7, 11) is 2.22. The van der Waals surface area contributed by atoms with E-state index >= 15 is 0 Å². The lowest BCUT2D eigenvalue weighted by molar-refractivity contribution is 0.183. The highest BCUT2D eigenvalue weighted by atomic mass is 79.9. The van der Waals surface area contributed by atoms with Gasteiger partial charge < -0.3 is 5.32 Å². The minimum absolute atomic E-state index is 0.307. The highest BCUT2D eigenvalue weighted by Gasteiger charge is 2.27. The molecule has 1 atom stereocenters. The van der Waals surface area contributed by atoms with Crippen LogP contribution >= 0.6 is 27.3 Å². The summed E-state index contributed by atoms with van der Waals surface area (Å²) in [4.78, 5) is 3.86. The topological polar surface area (TPSA) is 15.3 Å². The molecule has 0 amide bonds. The molecule has 2 nitrogen and oxygen atoms in total. The summed E-state index contributed by atoms with van der Waals surface area (Å²) in [5.41, 5.74) is 0.307. The van der Waals surface area contributed by atoms with E-state index in [-0.39, 0.29) is 0 Å². The number of nitrogens with zero attached hydrogens (tertiary/aromatic N) is 1. The van der Waals surface area contributed by atoms with Crippen molar-refractivity contribution >= 4 is 27.3 Å². The smallest absolute Gasteiger partial charge is 0.0326 e. The zero-order chi connectivity index (χ0) is 12.3. The maximum Gasteiger partial charge on any atom is 0.0326 e. The van der Waals surface area contributed by atoms with Crippen LogP contribution in [-0.4, -0.2) is 30.6 Å². The molecule has 1 saturated heterocycles.